The summed E-state index contributed by atoms with van der Waals surface area (Å²) in [4.78, 5) is 25.8. The second-order valence-corrected chi connectivity index (χ2v) is 5.24. The van der Waals surface area contributed by atoms with Gasteiger partial charge in [0.05, 0.1) is 25.5 Å². The van der Waals surface area contributed by atoms with Crippen LogP contribution in [0.2, 0.25) is 0 Å². The van der Waals surface area contributed by atoms with E-state index in [-0.39, 0.29) is 17.0 Å². The van der Waals surface area contributed by atoms with Crippen molar-refractivity contribution in [1.29, 1.82) is 0 Å². The molecule has 0 aliphatic carbocycles. The molecule has 0 radical (unpaired) electrons. The van der Waals surface area contributed by atoms with Crippen molar-refractivity contribution >= 4 is 17.6 Å². The summed E-state index contributed by atoms with van der Waals surface area (Å²) in [5.74, 6) is -1.41. The molecule has 0 unspecified atom stereocenters. The van der Waals surface area contributed by atoms with Crippen molar-refractivity contribution in [2.75, 3.05) is 19.1 Å². The van der Waals surface area contributed by atoms with Crippen LogP contribution in [-0.4, -0.2) is 31.3 Å². The molecule has 1 aromatic rings. The average Bonchev–Trinajstić information content (AvgIpc) is 2.79. The van der Waals surface area contributed by atoms with E-state index in [0.717, 1.165) is 11.1 Å². The van der Waals surface area contributed by atoms with Gasteiger partial charge in [0.2, 0.25) is 0 Å². The van der Waals surface area contributed by atoms with Crippen molar-refractivity contribution in [3.05, 3.63) is 59.0 Å². The Balaban J connectivity index is 2.72. The Labute approximate surface area is 140 Å². The monoisotopic (exact) mass is 329 g/mol. The minimum Gasteiger partial charge on any atom is -0.506 e. The lowest BCUT2D eigenvalue weighted by atomic mass is 10.1. The molecule has 0 saturated heterocycles. The van der Waals surface area contributed by atoms with E-state index in [1.807, 2.05) is 13.8 Å². The zero-order chi connectivity index (χ0) is 17.9. The van der Waals surface area contributed by atoms with Gasteiger partial charge >= 0.3 is 11.9 Å². The van der Waals surface area contributed by atoms with Crippen molar-refractivity contribution in [3.8, 4) is 5.75 Å². The lowest BCUT2D eigenvalue weighted by molar-refractivity contribution is -0.139. The highest BCUT2D eigenvalue weighted by Gasteiger charge is 2.28. The van der Waals surface area contributed by atoms with Crippen LogP contribution in [0.25, 0.3) is 0 Å². The molecule has 1 heterocycles. The number of aryl methyl sites for hydroxylation is 2. The minimum absolute atomic E-state index is 0.0183. The number of ether oxygens (including phenoxy) is 2. The van der Waals surface area contributed by atoms with Gasteiger partial charge in [0.25, 0.3) is 0 Å². The van der Waals surface area contributed by atoms with E-state index in [1.54, 1.807) is 30.5 Å². The van der Waals surface area contributed by atoms with Crippen molar-refractivity contribution in [1.82, 2.24) is 0 Å². The summed E-state index contributed by atoms with van der Waals surface area (Å²) in [7, 11) is 2.45. The molecular weight excluding hydrogens is 310 g/mol. The van der Waals surface area contributed by atoms with E-state index >= 15 is 0 Å². The Kier molecular flexibility index (Phi) is 5.08. The number of hydrogen-bond donors (Lipinski definition) is 1. The molecule has 24 heavy (non-hydrogen) atoms. The number of anilines is 1. The molecule has 6 heteroatoms. The zero-order valence-corrected chi connectivity index (χ0v) is 14.0. The van der Waals surface area contributed by atoms with Crippen molar-refractivity contribution in [3.63, 3.8) is 0 Å². The number of carbonyl (C=O) groups is 2. The molecule has 6 nitrogen and oxygen atoms in total. The summed E-state index contributed by atoms with van der Waals surface area (Å²) in [5.41, 5.74) is 2.20. The molecule has 1 aliphatic heterocycles. The summed E-state index contributed by atoms with van der Waals surface area (Å²) in [5, 5.41) is 10.3. The van der Waals surface area contributed by atoms with Gasteiger partial charge in [-0.3, -0.25) is 0 Å². The summed E-state index contributed by atoms with van der Waals surface area (Å²) < 4.78 is 9.57. The highest BCUT2D eigenvalue weighted by Crippen LogP contribution is 2.35. The number of phenolic OH excluding ortho intramolecular Hbond substituents is 1. The molecule has 1 N–H and O–H groups in total. The fourth-order valence-electron chi connectivity index (χ4n) is 2.33. The third-order valence-corrected chi connectivity index (χ3v) is 3.74. The predicted molar refractivity (Wildman–Crippen MR) is 89.4 cm³/mol. The fourth-order valence-corrected chi connectivity index (χ4v) is 2.33. The van der Waals surface area contributed by atoms with Gasteiger partial charge in [0, 0.05) is 6.20 Å². The smallest absolute Gasteiger partial charge is 0.355 e. The SMILES string of the molecule is COC(=O)C1=C(C(=O)OC)N(c2cc(C)c(C)cc2O)C=CC=C1. The van der Waals surface area contributed by atoms with E-state index in [9.17, 15) is 14.7 Å². The van der Waals surface area contributed by atoms with Gasteiger partial charge < -0.3 is 19.5 Å². The highest BCUT2D eigenvalue weighted by molar-refractivity contribution is 6.05. The first-order chi connectivity index (χ1) is 11.4. The predicted octanol–water partition coefficient (Wildman–Crippen LogP) is 2.50. The summed E-state index contributed by atoms with van der Waals surface area (Å²) in [6.45, 7) is 3.76. The van der Waals surface area contributed by atoms with Crippen LogP contribution in [-0.2, 0) is 19.1 Å². The highest BCUT2D eigenvalue weighted by atomic mass is 16.5. The largest absolute Gasteiger partial charge is 0.506 e. The molecule has 0 atom stereocenters. The van der Waals surface area contributed by atoms with E-state index in [2.05, 4.69) is 0 Å². The number of carbonyl (C=O) groups excluding carboxylic acids is 2. The number of rotatable bonds is 3. The van der Waals surface area contributed by atoms with Gasteiger partial charge in [0.15, 0.2) is 0 Å². The van der Waals surface area contributed by atoms with E-state index in [0.29, 0.717) is 5.69 Å². The molecule has 0 saturated carbocycles. The molecule has 1 aromatic carbocycles. The second-order valence-electron chi connectivity index (χ2n) is 5.24. The maximum absolute atomic E-state index is 12.3. The molecule has 0 aromatic heterocycles. The van der Waals surface area contributed by atoms with Crippen LogP contribution >= 0.6 is 0 Å². The summed E-state index contributed by atoms with van der Waals surface area (Å²) in [6.07, 6.45) is 6.29. The molecule has 0 bridgehead atoms. The number of phenols is 1. The second kappa shape index (κ2) is 7.04. The van der Waals surface area contributed by atoms with Crippen molar-refractivity contribution in [2.24, 2.45) is 0 Å². The van der Waals surface area contributed by atoms with Crippen LogP contribution < -0.4 is 4.90 Å². The first-order valence-electron chi connectivity index (χ1n) is 7.26. The Hall–Kier alpha value is -3.02. The topological polar surface area (TPSA) is 76.1 Å². The average molecular weight is 329 g/mol. The van der Waals surface area contributed by atoms with Gasteiger partial charge in [-0.1, -0.05) is 6.08 Å². The third kappa shape index (κ3) is 3.17. The fraction of sp³-hybridized carbons (Fsp3) is 0.222. The van der Waals surface area contributed by atoms with Crippen LogP contribution in [0.1, 0.15) is 11.1 Å². The molecular formula is C18H19NO5. The number of allylic oxidation sites excluding steroid dienone is 2. The number of benzene rings is 1. The maximum atomic E-state index is 12.3. The molecule has 0 spiro atoms. The van der Waals surface area contributed by atoms with Crippen molar-refractivity contribution in [2.45, 2.75) is 13.8 Å². The first kappa shape index (κ1) is 17.3. The Morgan fingerprint density at radius 1 is 1.00 bits per heavy atom. The molecule has 0 amide bonds. The van der Waals surface area contributed by atoms with E-state index in [1.165, 1.54) is 25.2 Å². The number of aromatic hydroxyl groups is 1. The van der Waals surface area contributed by atoms with Gasteiger partial charge in [0.1, 0.15) is 11.4 Å². The third-order valence-electron chi connectivity index (χ3n) is 3.74. The Bertz CT molecular complexity index is 774. The van der Waals surface area contributed by atoms with Crippen LogP contribution in [0.15, 0.2) is 47.8 Å². The number of esters is 2. The number of methoxy groups -OCH3 is 2. The molecule has 126 valence electrons. The number of hydrogen-bond acceptors (Lipinski definition) is 6. The van der Waals surface area contributed by atoms with Crippen LogP contribution in [0, 0.1) is 13.8 Å². The van der Waals surface area contributed by atoms with Crippen LogP contribution in [0.3, 0.4) is 0 Å². The van der Waals surface area contributed by atoms with Crippen molar-refractivity contribution < 1.29 is 24.2 Å². The molecule has 2 rings (SSSR count). The standard InChI is InChI=1S/C18H19NO5/c1-11-9-14(15(20)10-12(11)2)19-8-6-5-7-13(17(21)23-3)16(19)18(22)24-4/h5-10,20H,1-4H3. The maximum Gasteiger partial charge on any atom is 0.355 e. The summed E-state index contributed by atoms with van der Waals surface area (Å²) >= 11 is 0. The van der Waals surface area contributed by atoms with Gasteiger partial charge in [-0.15, -0.1) is 0 Å². The van der Waals surface area contributed by atoms with Crippen LogP contribution in [0.5, 0.6) is 5.75 Å². The Morgan fingerprint density at radius 3 is 2.25 bits per heavy atom. The van der Waals surface area contributed by atoms with E-state index in [4.69, 9.17) is 9.47 Å². The lowest BCUT2D eigenvalue weighted by Gasteiger charge is -2.24. The number of nitrogens with zero attached hydrogens (tertiary/aromatic N) is 1. The zero-order valence-electron chi connectivity index (χ0n) is 14.0. The quantitative estimate of drug-likeness (QED) is 0.859. The van der Waals surface area contributed by atoms with Gasteiger partial charge in [-0.25, -0.2) is 9.59 Å². The summed E-state index contributed by atoms with van der Waals surface area (Å²) in [6, 6.07) is 3.34. The molecule has 1 aliphatic rings. The molecule has 0 fully saturated rings. The van der Waals surface area contributed by atoms with E-state index < -0.39 is 11.9 Å². The van der Waals surface area contributed by atoms with Gasteiger partial charge in [-0.05, 0) is 49.3 Å². The Morgan fingerprint density at radius 2 is 1.62 bits per heavy atom. The minimum atomic E-state index is -0.718. The van der Waals surface area contributed by atoms with Crippen LogP contribution in [0.4, 0.5) is 5.69 Å². The first-order valence-corrected chi connectivity index (χ1v) is 7.26. The lowest BCUT2D eigenvalue weighted by Crippen LogP contribution is -2.27. The van der Waals surface area contributed by atoms with Gasteiger partial charge in [-0.2, -0.15) is 0 Å². The normalized spacial score (nSPS) is 13.8.